The molecule has 0 radical (unpaired) electrons. The summed E-state index contributed by atoms with van der Waals surface area (Å²) in [5, 5.41) is 4.19. The van der Waals surface area contributed by atoms with Gasteiger partial charge in [-0.2, -0.15) is 4.37 Å². The van der Waals surface area contributed by atoms with E-state index in [0.717, 1.165) is 43.7 Å². The zero-order valence-electron chi connectivity index (χ0n) is 11.3. The van der Waals surface area contributed by atoms with Crippen LogP contribution in [0.1, 0.15) is 19.7 Å². The van der Waals surface area contributed by atoms with Gasteiger partial charge in [-0.15, -0.1) is 0 Å². The van der Waals surface area contributed by atoms with Crippen LogP contribution >= 0.6 is 11.5 Å². The fourth-order valence-corrected chi connectivity index (χ4v) is 2.74. The van der Waals surface area contributed by atoms with Gasteiger partial charge in [-0.25, -0.2) is 4.98 Å². The topological polar surface area (TPSA) is 50.3 Å². The molecule has 0 aromatic carbocycles. The molecular weight excluding hydrogens is 248 g/mol. The number of rotatable bonds is 5. The van der Waals surface area contributed by atoms with Gasteiger partial charge in [0.05, 0.1) is 12.7 Å². The summed E-state index contributed by atoms with van der Waals surface area (Å²) in [5.41, 5.74) is 0. The Bertz CT molecular complexity index is 369. The van der Waals surface area contributed by atoms with E-state index in [-0.39, 0.29) is 6.10 Å². The maximum absolute atomic E-state index is 5.77. The number of aromatic nitrogens is 2. The van der Waals surface area contributed by atoms with Gasteiger partial charge in [0.1, 0.15) is 5.82 Å². The summed E-state index contributed by atoms with van der Waals surface area (Å²) in [6, 6.07) is 0. The summed E-state index contributed by atoms with van der Waals surface area (Å²) in [6.45, 7) is 11.3. The lowest BCUT2D eigenvalue weighted by molar-refractivity contribution is -0.0244. The second-order valence-corrected chi connectivity index (χ2v) is 5.93. The van der Waals surface area contributed by atoms with E-state index in [9.17, 15) is 0 Å². The van der Waals surface area contributed by atoms with Gasteiger partial charge in [0, 0.05) is 37.7 Å². The van der Waals surface area contributed by atoms with E-state index in [4.69, 9.17) is 4.74 Å². The van der Waals surface area contributed by atoms with Gasteiger partial charge in [-0.1, -0.05) is 13.8 Å². The van der Waals surface area contributed by atoms with Crippen molar-refractivity contribution in [3.8, 4) is 0 Å². The van der Waals surface area contributed by atoms with E-state index in [1.54, 1.807) is 0 Å². The van der Waals surface area contributed by atoms with Gasteiger partial charge < -0.3 is 10.1 Å². The predicted molar refractivity (Wildman–Crippen MR) is 74.2 cm³/mol. The first-order valence-corrected chi connectivity index (χ1v) is 7.29. The SMILES string of the molecule is Cc1nsc(NCC2CN(CC(C)C)CCO2)n1. The predicted octanol–water partition coefficient (Wildman–Crippen LogP) is 1.62. The minimum Gasteiger partial charge on any atom is -0.374 e. The van der Waals surface area contributed by atoms with Crippen LogP contribution in [0.3, 0.4) is 0 Å². The van der Waals surface area contributed by atoms with Crippen LogP contribution in [0.2, 0.25) is 0 Å². The van der Waals surface area contributed by atoms with Crippen molar-refractivity contribution in [3.63, 3.8) is 0 Å². The monoisotopic (exact) mass is 270 g/mol. The Labute approximate surface area is 113 Å². The maximum atomic E-state index is 5.77. The Morgan fingerprint density at radius 3 is 3.06 bits per heavy atom. The third-order valence-corrected chi connectivity index (χ3v) is 3.62. The Balaban J connectivity index is 1.75. The second kappa shape index (κ2) is 6.45. The summed E-state index contributed by atoms with van der Waals surface area (Å²) in [7, 11) is 0. The highest BCUT2D eigenvalue weighted by Crippen LogP contribution is 2.12. The average Bonchev–Trinajstić information content (AvgIpc) is 2.72. The van der Waals surface area contributed by atoms with Gasteiger partial charge >= 0.3 is 0 Å². The van der Waals surface area contributed by atoms with E-state index < -0.39 is 0 Å². The van der Waals surface area contributed by atoms with Crippen molar-refractivity contribution in [2.24, 2.45) is 5.92 Å². The highest BCUT2D eigenvalue weighted by molar-refractivity contribution is 7.09. The van der Waals surface area contributed by atoms with Crippen molar-refractivity contribution in [2.75, 3.05) is 38.1 Å². The number of ether oxygens (including phenoxy) is 1. The van der Waals surface area contributed by atoms with Crippen LogP contribution in [0.15, 0.2) is 0 Å². The summed E-state index contributed by atoms with van der Waals surface area (Å²) in [5.74, 6) is 1.54. The molecule has 1 N–H and O–H groups in total. The number of nitrogens with one attached hydrogen (secondary N) is 1. The molecule has 1 aliphatic heterocycles. The molecule has 1 aromatic rings. The highest BCUT2D eigenvalue weighted by Gasteiger charge is 2.20. The number of nitrogens with zero attached hydrogens (tertiary/aromatic N) is 3. The van der Waals surface area contributed by atoms with E-state index in [1.165, 1.54) is 11.5 Å². The molecule has 0 saturated carbocycles. The molecule has 102 valence electrons. The molecule has 1 aliphatic rings. The Hall–Kier alpha value is -0.720. The zero-order chi connectivity index (χ0) is 13.0. The summed E-state index contributed by atoms with van der Waals surface area (Å²) < 4.78 is 9.92. The number of hydrogen-bond acceptors (Lipinski definition) is 6. The molecule has 6 heteroatoms. The van der Waals surface area contributed by atoms with Crippen LogP contribution in [0, 0.1) is 12.8 Å². The number of anilines is 1. The van der Waals surface area contributed by atoms with Crippen LogP contribution in [0.5, 0.6) is 0 Å². The number of morpholine rings is 1. The third kappa shape index (κ3) is 4.19. The molecule has 5 nitrogen and oxygen atoms in total. The van der Waals surface area contributed by atoms with E-state index in [2.05, 4.69) is 33.4 Å². The smallest absolute Gasteiger partial charge is 0.202 e. The molecule has 0 amide bonds. The number of hydrogen-bond donors (Lipinski definition) is 1. The summed E-state index contributed by atoms with van der Waals surface area (Å²) in [6.07, 6.45) is 0.252. The van der Waals surface area contributed by atoms with Crippen molar-refractivity contribution in [3.05, 3.63) is 5.82 Å². The summed E-state index contributed by atoms with van der Waals surface area (Å²) in [4.78, 5) is 6.77. The quantitative estimate of drug-likeness (QED) is 0.881. The van der Waals surface area contributed by atoms with Crippen molar-refractivity contribution < 1.29 is 4.74 Å². The van der Waals surface area contributed by atoms with Crippen molar-refractivity contribution >= 4 is 16.7 Å². The number of aryl methyl sites for hydroxylation is 1. The maximum Gasteiger partial charge on any atom is 0.202 e. The lowest BCUT2D eigenvalue weighted by Crippen LogP contribution is -2.46. The fraction of sp³-hybridized carbons (Fsp3) is 0.833. The van der Waals surface area contributed by atoms with E-state index in [0.29, 0.717) is 5.92 Å². The van der Waals surface area contributed by atoms with Crippen LogP contribution in [0.4, 0.5) is 5.13 Å². The standard InChI is InChI=1S/C12H22N4OS/c1-9(2)7-16-4-5-17-11(8-16)6-13-12-14-10(3)15-18-12/h9,11H,4-8H2,1-3H3,(H,13,14,15). The van der Waals surface area contributed by atoms with Gasteiger partial charge in [0.25, 0.3) is 0 Å². The minimum absolute atomic E-state index is 0.252. The lowest BCUT2D eigenvalue weighted by atomic mass is 10.2. The Kier molecular flexibility index (Phi) is 4.91. The Morgan fingerprint density at radius 2 is 2.39 bits per heavy atom. The third-order valence-electron chi connectivity index (χ3n) is 2.85. The van der Waals surface area contributed by atoms with Crippen LogP contribution in [0.25, 0.3) is 0 Å². The van der Waals surface area contributed by atoms with Crippen LogP contribution < -0.4 is 5.32 Å². The molecule has 2 heterocycles. The molecule has 0 spiro atoms. The first kappa shape index (κ1) is 13.7. The zero-order valence-corrected chi connectivity index (χ0v) is 12.2. The van der Waals surface area contributed by atoms with Crippen LogP contribution in [-0.4, -0.2) is 53.1 Å². The first-order valence-electron chi connectivity index (χ1n) is 6.51. The minimum atomic E-state index is 0.252. The van der Waals surface area contributed by atoms with E-state index in [1.807, 2.05) is 6.92 Å². The molecule has 1 atom stereocenters. The van der Waals surface area contributed by atoms with Crippen molar-refractivity contribution in [1.82, 2.24) is 14.3 Å². The van der Waals surface area contributed by atoms with E-state index >= 15 is 0 Å². The van der Waals surface area contributed by atoms with Gasteiger partial charge in [0.15, 0.2) is 0 Å². The average molecular weight is 270 g/mol. The molecule has 0 bridgehead atoms. The molecular formula is C12H22N4OS. The van der Waals surface area contributed by atoms with Crippen molar-refractivity contribution in [2.45, 2.75) is 26.9 Å². The molecule has 18 heavy (non-hydrogen) atoms. The Morgan fingerprint density at radius 1 is 1.56 bits per heavy atom. The van der Waals surface area contributed by atoms with Crippen LogP contribution in [-0.2, 0) is 4.74 Å². The van der Waals surface area contributed by atoms with Gasteiger partial charge in [-0.3, -0.25) is 4.90 Å². The highest BCUT2D eigenvalue weighted by atomic mass is 32.1. The molecule has 1 aromatic heterocycles. The molecule has 1 unspecified atom stereocenters. The first-order chi connectivity index (χ1) is 8.63. The molecule has 0 aliphatic carbocycles. The molecule has 2 rings (SSSR count). The fourth-order valence-electron chi connectivity index (χ4n) is 2.16. The molecule has 1 saturated heterocycles. The van der Waals surface area contributed by atoms with Gasteiger partial charge in [-0.05, 0) is 12.8 Å². The summed E-state index contributed by atoms with van der Waals surface area (Å²) >= 11 is 1.41. The van der Waals surface area contributed by atoms with Gasteiger partial charge in [0.2, 0.25) is 5.13 Å². The lowest BCUT2D eigenvalue weighted by Gasteiger charge is -2.33. The second-order valence-electron chi connectivity index (χ2n) is 5.17. The normalized spacial score (nSPS) is 21.4. The molecule has 1 fully saturated rings. The largest absolute Gasteiger partial charge is 0.374 e. The van der Waals surface area contributed by atoms with Crippen molar-refractivity contribution in [1.29, 1.82) is 0 Å².